The predicted molar refractivity (Wildman–Crippen MR) is 114 cm³/mol. The third-order valence-corrected chi connectivity index (χ3v) is 4.60. The molecule has 144 valence electrons. The highest BCUT2D eigenvalue weighted by atomic mass is 16.6. The Morgan fingerprint density at radius 2 is 1.69 bits per heavy atom. The molecule has 3 aromatic carbocycles. The van der Waals surface area contributed by atoms with Crippen LogP contribution in [-0.4, -0.2) is 11.9 Å². The molecule has 1 aliphatic rings. The molecule has 0 fully saturated rings. The highest BCUT2D eigenvalue weighted by Gasteiger charge is 2.24. The molecule has 0 saturated heterocycles. The van der Waals surface area contributed by atoms with Gasteiger partial charge in [-0.15, -0.1) is 0 Å². The molecule has 0 bridgehead atoms. The average molecular weight is 383 g/mol. The predicted octanol–water partition coefficient (Wildman–Crippen LogP) is 5.23. The van der Waals surface area contributed by atoms with Gasteiger partial charge in [-0.2, -0.15) is 0 Å². The number of nitrogens with zero attached hydrogens (tertiary/aromatic N) is 1. The number of aliphatic imine (C=N–C) groups is 1. The van der Waals surface area contributed by atoms with Gasteiger partial charge in [0.25, 0.3) is 0 Å². The number of aryl methyl sites for hydroxylation is 2. The average Bonchev–Trinajstić information content (AvgIpc) is 3.09. The van der Waals surface area contributed by atoms with E-state index in [1.54, 1.807) is 6.08 Å². The number of rotatable bonds is 5. The number of hydrogen-bond acceptors (Lipinski definition) is 4. The fraction of sp³-hybridized carbons (Fsp3) is 0.120. The second kappa shape index (κ2) is 8.15. The van der Waals surface area contributed by atoms with Crippen molar-refractivity contribution in [1.82, 2.24) is 0 Å². The van der Waals surface area contributed by atoms with E-state index in [2.05, 4.69) is 36.2 Å². The molecule has 4 heteroatoms. The van der Waals surface area contributed by atoms with E-state index in [0.29, 0.717) is 12.5 Å². The van der Waals surface area contributed by atoms with Gasteiger partial charge in [0, 0.05) is 5.56 Å². The van der Waals surface area contributed by atoms with Crippen LogP contribution in [0.4, 0.5) is 0 Å². The standard InChI is InChI=1S/C25H21NO3/c1-17-6-8-20(9-7-17)16-28-22-12-10-19(11-13-22)15-23-25(27)29-24(26-23)21-5-3-4-18(2)14-21/h3-15H,16H2,1-2H3/b23-15-. The maximum Gasteiger partial charge on any atom is 0.363 e. The van der Waals surface area contributed by atoms with Crippen molar-refractivity contribution < 1.29 is 14.3 Å². The minimum atomic E-state index is -0.443. The van der Waals surface area contributed by atoms with E-state index >= 15 is 0 Å². The summed E-state index contributed by atoms with van der Waals surface area (Å²) in [6.07, 6.45) is 1.72. The Bertz CT molecular complexity index is 1090. The van der Waals surface area contributed by atoms with Gasteiger partial charge in [-0.1, -0.05) is 59.7 Å². The summed E-state index contributed by atoms with van der Waals surface area (Å²) in [5.41, 5.74) is 5.36. The fourth-order valence-corrected chi connectivity index (χ4v) is 2.98. The van der Waals surface area contributed by atoms with Gasteiger partial charge in [0.1, 0.15) is 12.4 Å². The minimum absolute atomic E-state index is 0.287. The number of carbonyl (C=O) groups is 1. The van der Waals surface area contributed by atoms with Crippen LogP contribution in [0.2, 0.25) is 0 Å². The van der Waals surface area contributed by atoms with Gasteiger partial charge in [-0.3, -0.25) is 0 Å². The molecule has 0 saturated carbocycles. The van der Waals surface area contributed by atoms with E-state index in [0.717, 1.165) is 28.0 Å². The second-order valence-corrected chi connectivity index (χ2v) is 7.05. The Balaban J connectivity index is 1.45. The maximum absolute atomic E-state index is 12.2. The van der Waals surface area contributed by atoms with Gasteiger partial charge in [-0.05, 0) is 55.3 Å². The van der Waals surface area contributed by atoms with Gasteiger partial charge in [-0.25, -0.2) is 9.79 Å². The molecular formula is C25H21NO3. The molecule has 3 aromatic rings. The van der Waals surface area contributed by atoms with Crippen LogP contribution in [-0.2, 0) is 16.1 Å². The largest absolute Gasteiger partial charge is 0.489 e. The fourth-order valence-electron chi connectivity index (χ4n) is 2.98. The zero-order valence-corrected chi connectivity index (χ0v) is 16.4. The van der Waals surface area contributed by atoms with E-state index in [9.17, 15) is 4.79 Å². The van der Waals surface area contributed by atoms with Crippen molar-refractivity contribution in [3.63, 3.8) is 0 Å². The first-order valence-electron chi connectivity index (χ1n) is 9.45. The molecule has 0 spiro atoms. The number of benzene rings is 3. The summed E-state index contributed by atoms with van der Waals surface area (Å²) in [5, 5.41) is 0. The van der Waals surface area contributed by atoms with Crippen molar-refractivity contribution in [2.24, 2.45) is 4.99 Å². The monoisotopic (exact) mass is 383 g/mol. The Kier molecular flexibility index (Phi) is 5.25. The second-order valence-electron chi connectivity index (χ2n) is 7.05. The van der Waals surface area contributed by atoms with E-state index in [4.69, 9.17) is 9.47 Å². The first-order valence-corrected chi connectivity index (χ1v) is 9.45. The Morgan fingerprint density at radius 3 is 2.41 bits per heavy atom. The number of esters is 1. The van der Waals surface area contributed by atoms with Crippen LogP contribution in [0.1, 0.15) is 27.8 Å². The molecule has 0 radical (unpaired) electrons. The summed E-state index contributed by atoms with van der Waals surface area (Å²) in [4.78, 5) is 16.5. The third-order valence-electron chi connectivity index (χ3n) is 4.60. The Labute approximate surface area is 170 Å². The zero-order chi connectivity index (χ0) is 20.2. The summed E-state index contributed by atoms with van der Waals surface area (Å²) in [5.74, 6) is 0.662. The molecule has 0 N–H and O–H groups in total. The molecule has 1 heterocycles. The molecule has 29 heavy (non-hydrogen) atoms. The number of carbonyl (C=O) groups excluding carboxylic acids is 1. The van der Waals surface area contributed by atoms with Crippen LogP contribution in [0.25, 0.3) is 6.08 Å². The topological polar surface area (TPSA) is 47.9 Å². The molecular weight excluding hydrogens is 362 g/mol. The van der Waals surface area contributed by atoms with Crippen molar-refractivity contribution in [2.45, 2.75) is 20.5 Å². The molecule has 4 nitrogen and oxygen atoms in total. The van der Waals surface area contributed by atoms with Crippen molar-refractivity contribution in [3.8, 4) is 5.75 Å². The van der Waals surface area contributed by atoms with E-state index in [1.807, 2.05) is 55.5 Å². The first-order chi connectivity index (χ1) is 14.1. The Morgan fingerprint density at radius 1 is 0.931 bits per heavy atom. The number of hydrogen-bond donors (Lipinski definition) is 0. The van der Waals surface area contributed by atoms with Gasteiger partial charge < -0.3 is 9.47 Å². The highest BCUT2D eigenvalue weighted by Crippen LogP contribution is 2.21. The maximum atomic E-state index is 12.2. The summed E-state index contributed by atoms with van der Waals surface area (Å²) < 4.78 is 11.1. The lowest BCUT2D eigenvalue weighted by atomic mass is 10.1. The molecule has 0 aliphatic carbocycles. The van der Waals surface area contributed by atoms with Gasteiger partial charge in [0.15, 0.2) is 5.70 Å². The van der Waals surface area contributed by atoms with Crippen LogP contribution < -0.4 is 4.74 Å². The normalized spacial score (nSPS) is 14.6. The summed E-state index contributed by atoms with van der Waals surface area (Å²) in [6, 6.07) is 23.5. The zero-order valence-electron chi connectivity index (χ0n) is 16.4. The lowest BCUT2D eigenvalue weighted by molar-refractivity contribution is -0.129. The summed E-state index contributed by atoms with van der Waals surface area (Å²) in [6.45, 7) is 4.56. The van der Waals surface area contributed by atoms with E-state index in [1.165, 1.54) is 5.56 Å². The SMILES string of the molecule is Cc1ccc(COc2ccc(/C=C3\N=C(c4cccc(C)c4)OC3=O)cc2)cc1. The van der Waals surface area contributed by atoms with Crippen LogP contribution in [0.3, 0.4) is 0 Å². The summed E-state index contributed by atoms with van der Waals surface area (Å²) in [7, 11) is 0. The smallest absolute Gasteiger partial charge is 0.363 e. The lowest BCUT2D eigenvalue weighted by Crippen LogP contribution is -2.05. The van der Waals surface area contributed by atoms with Crippen LogP contribution in [0.5, 0.6) is 5.75 Å². The van der Waals surface area contributed by atoms with Crippen LogP contribution in [0, 0.1) is 13.8 Å². The first kappa shape index (κ1) is 18.7. The van der Waals surface area contributed by atoms with E-state index in [-0.39, 0.29) is 5.70 Å². The molecule has 0 aromatic heterocycles. The van der Waals surface area contributed by atoms with Crippen molar-refractivity contribution in [2.75, 3.05) is 0 Å². The van der Waals surface area contributed by atoms with Gasteiger partial charge in [0.05, 0.1) is 0 Å². The lowest BCUT2D eigenvalue weighted by Gasteiger charge is -2.07. The van der Waals surface area contributed by atoms with Gasteiger partial charge in [0.2, 0.25) is 5.90 Å². The highest BCUT2D eigenvalue weighted by molar-refractivity contribution is 6.12. The van der Waals surface area contributed by atoms with E-state index < -0.39 is 5.97 Å². The molecule has 1 aliphatic heterocycles. The van der Waals surface area contributed by atoms with Crippen LogP contribution in [0.15, 0.2) is 83.5 Å². The molecule has 0 amide bonds. The quantitative estimate of drug-likeness (QED) is 0.448. The molecule has 4 rings (SSSR count). The Hall–Kier alpha value is -3.66. The third kappa shape index (κ3) is 4.61. The molecule has 0 atom stereocenters. The van der Waals surface area contributed by atoms with Crippen molar-refractivity contribution >= 4 is 17.9 Å². The van der Waals surface area contributed by atoms with Crippen molar-refractivity contribution in [1.29, 1.82) is 0 Å². The minimum Gasteiger partial charge on any atom is -0.489 e. The number of cyclic esters (lactones) is 1. The summed E-state index contributed by atoms with van der Waals surface area (Å²) >= 11 is 0. The number of ether oxygens (including phenoxy) is 2. The van der Waals surface area contributed by atoms with Crippen molar-refractivity contribution in [3.05, 3.63) is 106 Å². The molecule has 0 unspecified atom stereocenters. The van der Waals surface area contributed by atoms with Crippen LogP contribution >= 0.6 is 0 Å². The van der Waals surface area contributed by atoms with Gasteiger partial charge >= 0.3 is 5.97 Å².